The van der Waals surface area contributed by atoms with E-state index >= 15 is 0 Å². The first-order valence-corrected chi connectivity index (χ1v) is 17.9. The second kappa shape index (κ2) is 16.5. The quantitative estimate of drug-likeness (QED) is 0.127. The highest BCUT2D eigenvalue weighted by Crippen LogP contribution is 2.31. The molecule has 0 radical (unpaired) electrons. The van der Waals surface area contributed by atoms with Gasteiger partial charge in [-0.1, -0.05) is 206 Å². The molecule has 0 spiro atoms. The topological polar surface area (TPSA) is 0 Å². The Morgan fingerprint density at radius 1 is 0.308 bits per heavy atom. The van der Waals surface area contributed by atoms with Gasteiger partial charge in [0.25, 0.3) is 0 Å². The Hall–Kier alpha value is -6.50. The van der Waals surface area contributed by atoms with Crippen LogP contribution in [0.3, 0.4) is 0 Å². The number of hydrogen-bond donors (Lipinski definition) is 0. The van der Waals surface area contributed by atoms with Crippen molar-refractivity contribution in [2.45, 2.75) is 13.8 Å². The van der Waals surface area contributed by atoms with Gasteiger partial charge in [0.15, 0.2) is 0 Å². The lowest BCUT2D eigenvalue weighted by molar-refractivity contribution is 1.42. The van der Waals surface area contributed by atoms with E-state index in [2.05, 4.69) is 232 Å². The Balaban J connectivity index is 1.14. The zero-order chi connectivity index (χ0) is 35.5. The fourth-order valence-corrected chi connectivity index (χ4v) is 6.61. The third kappa shape index (κ3) is 8.27. The summed E-state index contributed by atoms with van der Waals surface area (Å²) in [6.07, 6.45) is 13.5. The van der Waals surface area contributed by atoms with Crippen LogP contribution in [0.25, 0.3) is 47.6 Å². The number of rotatable bonds is 10. The molecule has 7 aromatic rings. The Labute approximate surface area is 309 Å². The molecule has 0 aliphatic carbocycles. The summed E-state index contributed by atoms with van der Waals surface area (Å²) in [4.78, 5) is 0. The normalized spacial score (nSPS) is 12.1. The molecule has 0 heteroatoms. The van der Waals surface area contributed by atoms with Gasteiger partial charge < -0.3 is 0 Å². The van der Waals surface area contributed by atoms with Gasteiger partial charge in [0.2, 0.25) is 0 Å². The summed E-state index contributed by atoms with van der Waals surface area (Å²) < 4.78 is 0. The molecule has 0 amide bonds. The van der Waals surface area contributed by atoms with Crippen LogP contribution >= 0.6 is 0 Å². The predicted octanol–water partition coefficient (Wildman–Crippen LogP) is 13.8. The van der Waals surface area contributed by atoms with Crippen molar-refractivity contribution in [3.05, 3.63) is 249 Å². The molecule has 0 saturated carbocycles. The van der Waals surface area contributed by atoms with E-state index in [1.54, 1.807) is 0 Å². The highest BCUT2D eigenvalue weighted by molar-refractivity contribution is 5.95. The smallest absolute Gasteiger partial charge is 0.0103 e. The van der Waals surface area contributed by atoms with Gasteiger partial charge in [-0.25, -0.2) is 0 Å². The third-order valence-electron chi connectivity index (χ3n) is 9.48. The molecule has 0 nitrogen and oxygen atoms in total. The lowest BCUT2D eigenvalue weighted by Gasteiger charge is -2.13. The minimum Gasteiger partial charge on any atom is -0.0622 e. The van der Waals surface area contributed by atoms with Crippen LogP contribution in [0.4, 0.5) is 0 Å². The van der Waals surface area contributed by atoms with Crippen molar-refractivity contribution in [1.29, 1.82) is 0 Å². The summed E-state index contributed by atoms with van der Waals surface area (Å²) in [5, 5.41) is 0. The van der Waals surface area contributed by atoms with Crippen molar-refractivity contribution in [3.63, 3.8) is 0 Å². The Kier molecular flexibility index (Phi) is 10.8. The molecule has 0 aliphatic heterocycles. The van der Waals surface area contributed by atoms with Gasteiger partial charge in [0, 0.05) is 0 Å². The molecule has 0 unspecified atom stereocenters. The molecule has 7 aromatic carbocycles. The van der Waals surface area contributed by atoms with Crippen LogP contribution in [0, 0.1) is 13.8 Å². The summed E-state index contributed by atoms with van der Waals surface area (Å²) >= 11 is 0. The molecule has 0 saturated heterocycles. The van der Waals surface area contributed by atoms with E-state index in [0.717, 1.165) is 11.1 Å². The zero-order valence-corrected chi connectivity index (χ0v) is 29.8. The lowest BCUT2D eigenvalue weighted by atomic mass is 9.91. The SMILES string of the molecule is Cc1ccccc1/C(=C/c1ccccc1/C=C\c1ccc(/C=C\c2ccccc2/C=C(\c2ccccc2)c2ccccc2C)cc1)c1ccccc1. The third-order valence-corrected chi connectivity index (χ3v) is 9.48. The molecule has 250 valence electrons. The summed E-state index contributed by atoms with van der Waals surface area (Å²) in [5.74, 6) is 0. The molecule has 0 aromatic heterocycles. The number of benzene rings is 7. The van der Waals surface area contributed by atoms with Crippen LogP contribution in [-0.4, -0.2) is 0 Å². The molecule has 0 heterocycles. The first-order chi connectivity index (χ1) is 25.6. The fraction of sp³-hybridized carbons (Fsp3) is 0.0385. The van der Waals surface area contributed by atoms with Gasteiger partial charge in [-0.05, 0) is 104 Å². The Morgan fingerprint density at radius 3 is 1.02 bits per heavy atom. The Bertz CT molecular complexity index is 2210. The number of aryl methyl sites for hydroxylation is 2. The van der Waals surface area contributed by atoms with Crippen LogP contribution in [0.1, 0.15) is 66.8 Å². The maximum Gasteiger partial charge on any atom is -0.0103 e. The van der Waals surface area contributed by atoms with Gasteiger partial charge in [-0.3, -0.25) is 0 Å². The monoisotopic (exact) mass is 666 g/mol. The van der Waals surface area contributed by atoms with Crippen LogP contribution < -0.4 is 0 Å². The molecule has 7 rings (SSSR count). The maximum atomic E-state index is 2.32. The van der Waals surface area contributed by atoms with E-state index in [1.807, 2.05) is 0 Å². The zero-order valence-electron chi connectivity index (χ0n) is 29.8. The standard InChI is InChI=1S/C52H42/c1-39-17-9-15-27-49(39)51(45-21-5-3-6-22-45)37-47-25-13-11-19-43(47)35-33-41-29-31-42(32-30-41)34-36-44-20-12-14-26-48(44)38-52(46-23-7-4-8-24-46)50-28-16-10-18-40(50)2/h3-38H,1-2H3/b35-33-,36-34-,51-37+,52-38+. The summed E-state index contributed by atoms with van der Waals surface area (Å²) in [6.45, 7) is 4.36. The molecule has 0 bridgehead atoms. The Morgan fingerprint density at radius 2 is 0.635 bits per heavy atom. The molecule has 52 heavy (non-hydrogen) atoms. The van der Waals surface area contributed by atoms with Gasteiger partial charge in [0.1, 0.15) is 0 Å². The van der Waals surface area contributed by atoms with Crippen LogP contribution in [-0.2, 0) is 0 Å². The average Bonchev–Trinajstić information content (AvgIpc) is 3.20. The summed E-state index contributed by atoms with van der Waals surface area (Å²) in [7, 11) is 0. The molecule has 0 atom stereocenters. The van der Waals surface area contributed by atoms with Crippen molar-refractivity contribution < 1.29 is 0 Å². The molecular weight excluding hydrogens is 625 g/mol. The van der Waals surface area contributed by atoms with E-state index in [-0.39, 0.29) is 0 Å². The van der Waals surface area contributed by atoms with Gasteiger partial charge >= 0.3 is 0 Å². The first kappa shape index (κ1) is 34.0. The summed E-state index contributed by atoms with van der Waals surface area (Å²) in [5.41, 5.74) is 16.9. The molecule has 0 N–H and O–H groups in total. The van der Waals surface area contributed by atoms with Crippen LogP contribution in [0.2, 0.25) is 0 Å². The molecular formula is C52H42. The average molecular weight is 667 g/mol. The fourth-order valence-electron chi connectivity index (χ4n) is 6.61. The second-order valence-electron chi connectivity index (χ2n) is 13.1. The maximum absolute atomic E-state index is 2.32. The lowest BCUT2D eigenvalue weighted by Crippen LogP contribution is -1.92. The van der Waals surface area contributed by atoms with E-state index in [0.29, 0.717) is 0 Å². The summed E-state index contributed by atoms with van der Waals surface area (Å²) in [6, 6.07) is 64.6. The van der Waals surface area contributed by atoms with E-state index < -0.39 is 0 Å². The van der Waals surface area contributed by atoms with Crippen molar-refractivity contribution in [2.24, 2.45) is 0 Å². The highest BCUT2D eigenvalue weighted by atomic mass is 14.1. The van der Waals surface area contributed by atoms with Crippen LogP contribution in [0.15, 0.2) is 182 Å². The largest absolute Gasteiger partial charge is 0.0622 e. The van der Waals surface area contributed by atoms with E-state index in [4.69, 9.17) is 0 Å². The molecule has 0 aliphatic rings. The van der Waals surface area contributed by atoms with Crippen LogP contribution in [0.5, 0.6) is 0 Å². The highest BCUT2D eigenvalue weighted by Gasteiger charge is 2.10. The number of hydrogen-bond acceptors (Lipinski definition) is 0. The molecule has 0 fully saturated rings. The van der Waals surface area contributed by atoms with Crippen molar-refractivity contribution >= 4 is 47.6 Å². The van der Waals surface area contributed by atoms with Gasteiger partial charge in [-0.2, -0.15) is 0 Å². The van der Waals surface area contributed by atoms with Gasteiger partial charge in [0.05, 0.1) is 0 Å². The first-order valence-electron chi connectivity index (χ1n) is 17.9. The van der Waals surface area contributed by atoms with Crippen molar-refractivity contribution in [3.8, 4) is 0 Å². The predicted molar refractivity (Wildman–Crippen MR) is 226 cm³/mol. The van der Waals surface area contributed by atoms with Crippen molar-refractivity contribution in [1.82, 2.24) is 0 Å². The van der Waals surface area contributed by atoms with Gasteiger partial charge in [-0.15, -0.1) is 0 Å². The van der Waals surface area contributed by atoms with E-state index in [1.165, 1.54) is 66.8 Å². The van der Waals surface area contributed by atoms with Crippen molar-refractivity contribution in [2.75, 3.05) is 0 Å². The van der Waals surface area contributed by atoms with E-state index in [9.17, 15) is 0 Å². The minimum atomic E-state index is 1.16. The minimum absolute atomic E-state index is 1.16. The second-order valence-corrected chi connectivity index (χ2v) is 13.1.